The fourth-order valence-corrected chi connectivity index (χ4v) is 2.01. The average Bonchev–Trinajstić information content (AvgIpc) is 2.87. The molecule has 1 aliphatic rings. The van der Waals surface area contributed by atoms with E-state index in [1.165, 1.54) is 18.4 Å². The van der Waals surface area contributed by atoms with Gasteiger partial charge in [0.15, 0.2) is 5.65 Å². The molecule has 0 bridgehead atoms. The maximum atomic E-state index is 5.93. The molecule has 0 spiro atoms. The normalized spacial score (nSPS) is 16.4. The van der Waals surface area contributed by atoms with Gasteiger partial charge in [0.1, 0.15) is 5.15 Å². The summed E-state index contributed by atoms with van der Waals surface area (Å²) in [5, 5.41) is 4.87. The first-order valence-electron chi connectivity index (χ1n) is 4.76. The molecule has 1 aliphatic carbocycles. The van der Waals surface area contributed by atoms with Crippen molar-refractivity contribution < 1.29 is 0 Å². The second kappa shape index (κ2) is 2.70. The van der Waals surface area contributed by atoms with Gasteiger partial charge < -0.3 is 0 Å². The van der Waals surface area contributed by atoms with E-state index in [9.17, 15) is 0 Å². The van der Waals surface area contributed by atoms with Gasteiger partial charge in [-0.25, -0.2) is 9.50 Å². The van der Waals surface area contributed by atoms with Crippen molar-refractivity contribution >= 4 is 17.2 Å². The number of hydrogen-bond acceptors (Lipinski definition) is 2. The number of aromatic nitrogens is 3. The molecular weight excluding hydrogens is 198 g/mol. The predicted octanol–water partition coefficient (Wildman–Crippen LogP) is 2.57. The van der Waals surface area contributed by atoms with Gasteiger partial charge in [0.05, 0.1) is 6.20 Å². The summed E-state index contributed by atoms with van der Waals surface area (Å²) in [4.78, 5) is 4.32. The first kappa shape index (κ1) is 8.24. The fourth-order valence-electron chi connectivity index (χ4n) is 1.77. The third-order valence-electron chi connectivity index (χ3n) is 2.66. The summed E-state index contributed by atoms with van der Waals surface area (Å²) >= 11 is 5.93. The van der Waals surface area contributed by atoms with Gasteiger partial charge in [-0.2, -0.15) is 5.10 Å². The standard InChI is InChI=1S/C10H10ClN3/c1-6-4-9(11)13-10-8(7-2-3-7)5-12-14(6)10/h4-5,7H,2-3H2,1H3. The molecule has 0 atom stereocenters. The molecule has 0 N–H and O–H groups in total. The lowest BCUT2D eigenvalue weighted by molar-refractivity contribution is 0.895. The Morgan fingerprint density at radius 3 is 3.00 bits per heavy atom. The number of rotatable bonds is 1. The first-order valence-corrected chi connectivity index (χ1v) is 5.14. The Hall–Kier alpha value is -1.09. The highest BCUT2D eigenvalue weighted by Crippen LogP contribution is 2.41. The Labute approximate surface area is 86.7 Å². The molecule has 0 radical (unpaired) electrons. The van der Waals surface area contributed by atoms with Crippen LogP contribution in [0.3, 0.4) is 0 Å². The minimum Gasteiger partial charge on any atom is -0.219 e. The van der Waals surface area contributed by atoms with Crippen LogP contribution in [-0.4, -0.2) is 14.6 Å². The van der Waals surface area contributed by atoms with E-state index in [0.29, 0.717) is 11.1 Å². The number of hydrogen-bond donors (Lipinski definition) is 0. The molecule has 1 fully saturated rings. The average molecular weight is 208 g/mol. The number of halogens is 1. The lowest BCUT2D eigenvalue weighted by Gasteiger charge is -2.00. The molecular formula is C10H10ClN3. The van der Waals surface area contributed by atoms with Gasteiger partial charge in [0, 0.05) is 11.3 Å². The van der Waals surface area contributed by atoms with E-state index in [1.807, 2.05) is 23.7 Å². The lowest BCUT2D eigenvalue weighted by atomic mass is 10.2. The summed E-state index contributed by atoms with van der Waals surface area (Å²) in [6, 6.07) is 1.83. The zero-order valence-corrected chi connectivity index (χ0v) is 8.62. The molecule has 1 saturated carbocycles. The maximum Gasteiger partial charge on any atom is 0.160 e. The van der Waals surface area contributed by atoms with E-state index in [1.54, 1.807) is 0 Å². The highest BCUT2D eigenvalue weighted by atomic mass is 35.5. The summed E-state index contributed by atoms with van der Waals surface area (Å²) in [7, 11) is 0. The monoisotopic (exact) mass is 207 g/mol. The van der Waals surface area contributed by atoms with Crippen LogP contribution in [0.25, 0.3) is 5.65 Å². The van der Waals surface area contributed by atoms with Gasteiger partial charge in [-0.05, 0) is 31.7 Å². The summed E-state index contributed by atoms with van der Waals surface area (Å²) in [6.45, 7) is 1.99. The van der Waals surface area contributed by atoms with Crippen LogP contribution in [0.4, 0.5) is 0 Å². The quantitative estimate of drug-likeness (QED) is 0.673. The van der Waals surface area contributed by atoms with Crippen molar-refractivity contribution in [1.82, 2.24) is 14.6 Å². The molecule has 4 heteroatoms. The minimum atomic E-state index is 0.553. The summed E-state index contributed by atoms with van der Waals surface area (Å²) in [5.74, 6) is 0.665. The molecule has 0 aromatic carbocycles. The van der Waals surface area contributed by atoms with Crippen LogP contribution in [0.5, 0.6) is 0 Å². The molecule has 72 valence electrons. The summed E-state index contributed by atoms with van der Waals surface area (Å²) < 4.78 is 1.86. The van der Waals surface area contributed by atoms with Gasteiger partial charge in [-0.15, -0.1) is 0 Å². The highest BCUT2D eigenvalue weighted by molar-refractivity contribution is 6.29. The van der Waals surface area contributed by atoms with Crippen LogP contribution in [0, 0.1) is 6.92 Å². The largest absolute Gasteiger partial charge is 0.219 e. The number of aryl methyl sites for hydroxylation is 1. The molecule has 2 heterocycles. The van der Waals surface area contributed by atoms with Crippen molar-refractivity contribution in [2.75, 3.05) is 0 Å². The third-order valence-corrected chi connectivity index (χ3v) is 2.86. The van der Waals surface area contributed by atoms with Crippen LogP contribution in [-0.2, 0) is 0 Å². The highest BCUT2D eigenvalue weighted by Gasteiger charge is 2.27. The zero-order valence-electron chi connectivity index (χ0n) is 7.87. The SMILES string of the molecule is Cc1cc(Cl)nc2c(C3CC3)cnn12. The second-order valence-electron chi connectivity index (χ2n) is 3.83. The van der Waals surface area contributed by atoms with Crippen LogP contribution >= 0.6 is 11.6 Å². The number of nitrogens with zero attached hydrogens (tertiary/aromatic N) is 3. The molecule has 2 aromatic heterocycles. The van der Waals surface area contributed by atoms with E-state index in [-0.39, 0.29) is 0 Å². The summed E-state index contributed by atoms with van der Waals surface area (Å²) in [5.41, 5.74) is 3.21. The Morgan fingerprint density at radius 1 is 1.50 bits per heavy atom. The van der Waals surface area contributed by atoms with Crippen LogP contribution in [0.2, 0.25) is 5.15 Å². The Balaban J connectivity index is 2.33. The molecule has 14 heavy (non-hydrogen) atoms. The third kappa shape index (κ3) is 1.12. The van der Waals surface area contributed by atoms with Gasteiger partial charge in [-0.1, -0.05) is 11.6 Å². The molecule has 0 aliphatic heterocycles. The van der Waals surface area contributed by atoms with Crippen LogP contribution < -0.4 is 0 Å². The Kier molecular flexibility index (Phi) is 1.59. The smallest absolute Gasteiger partial charge is 0.160 e. The van der Waals surface area contributed by atoms with Crippen molar-refractivity contribution in [2.24, 2.45) is 0 Å². The van der Waals surface area contributed by atoms with E-state index < -0.39 is 0 Å². The predicted molar refractivity (Wildman–Crippen MR) is 54.7 cm³/mol. The second-order valence-corrected chi connectivity index (χ2v) is 4.22. The van der Waals surface area contributed by atoms with E-state index in [2.05, 4.69) is 10.1 Å². The lowest BCUT2D eigenvalue weighted by Crippen LogP contribution is -1.96. The van der Waals surface area contributed by atoms with Crippen molar-refractivity contribution in [3.63, 3.8) is 0 Å². The van der Waals surface area contributed by atoms with Crippen molar-refractivity contribution in [3.05, 3.63) is 28.7 Å². The Morgan fingerprint density at radius 2 is 2.29 bits per heavy atom. The Bertz CT molecular complexity index is 499. The fraction of sp³-hybridized carbons (Fsp3) is 0.400. The van der Waals surface area contributed by atoms with E-state index >= 15 is 0 Å². The van der Waals surface area contributed by atoms with Crippen molar-refractivity contribution in [3.8, 4) is 0 Å². The van der Waals surface area contributed by atoms with Gasteiger partial charge >= 0.3 is 0 Å². The van der Waals surface area contributed by atoms with Gasteiger partial charge in [0.2, 0.25) is 0 Å². The summed E-state index contributed by atoms with van der Waals surface area (Å²) in [6.07, 6.45) is 4.44. The molecule has 0 saturated heterocycles. The maximum absolute atomic E-state index is 5.93. The molecule has 3 rings (SSSR count). The molecule has 0 unspecified atom stereocenters. The van der Waals surface area contributed by atoms with Crippen LogP contribution in [0.1, 0.15) is 30.0 Å². The van der Waals surface area contributed by atoms with E-state index in [0.717, 1.165) is 11.3 Å². The minimum absolute atomic E-state index is 0.553. The van der Waals surface area contributed by atoms with Crippen molar-refractivity contribution in [2.45, 2.75) is 25.7 Å². The van der Waals surface area contributed by atoms with E-state index in [4.69, 9.17) is 11.6 Å². The molecule has 2 aromatic rings. The first-order chi connectivity index (χ1) is 6.75. The zero-order chi connectivity index (χ0) is 9.71. The van der Waals surface area contributed by atoms with Gasteiger partial charge in [-0.3, -0.25) is 0 Å². The van der Waals surface area contributed by atoms with Gasteiger partial charge in [0.25, 0.3) is 0 Å². The molecule has 3 nitrogen and oxygen atoms in total. The van der Waals surface area contributed by atoms with Crippen molar-refractivity contribution in [1.29, 1.82) is 0 Å². The number of fused-ring (bicyclic) bond motifs is 1. The van der Waals surface area contributed by atoms with Crippen LogP contribution in [0.15, 0.2) is 12.3 Å². The molecule has 0 amide bonds. The topological polar surface area (TPSA) is 30.2 Å².